The molecule has 1 aromatic rings. The third kappa shape index (κ3) is 2.67. The topological polar surface area (TPSA) is 50.1 Å². The second-order valence-corrected chi connectivity index (χ2v) is 3.28. The Balaban J connectivity index is 3.31. The Morgan fingerprint density at radius 2 is 2.19 bits per heavy atom. The van der Waals surface area contributed by atoms with Gasteiger partial charge in [-0.1, -0.05) is 11.6 Å². The molecule has 0 bridgehead atoms. The minimum absolute atomic E-state index is 0.0356. The van der Waals surface area contributed by atoms with Crippen molar-refractivity contribution in [1.29, 1.82) is 5.26 Å². The van der Waals surface area contributed by atoms with Gasteiger partial charge in [-0.3, -0.25) is 4.79 Å². The highest BCUT2D eigenvalue weighted by Gasteiger charge is 2.16. The van der Waals surface area contributed by atoms with Crippen LogP contribution in [0.3, 0.4) is 0 Å². The number of nitriles is 1. The molecular formula is C10H6ClF2NO2. The van der Waals surface area contributed by atoms with Gasteiger partial charge in [0.1, 0.15) is 11.8 Å². The van der Waals surface area contributed by atoms with Crippen LogP contribution in [0.2, 0.25) is 5.02 Å². The number of halogens is 3. The van der Waals surface area contributed by atoms with Gasteiger partial charge in [-0.2, -0.15) is 14.0 Å². The minimum atomic E-state index is -3.05. The molecule has 0 spiro atoms. The first kappa shape index (κ1) is 12.4. The van der Waals surface area contributed by atoms with E-state index in [9.17, 15) is 13.6 Å². The molecule has 0 saturated heterocycles. The predicted octanol–water partition coefficient (Wildman–Crippen LogP) is 3.02. The van der Waals surface area contributed by atoms with Crippen LogP contribution in [0.5, 0.6) is 5.75 Å². The van der Waals surface area contributed by atoms with E-state index in [2.05, 4.69) is 4.74 Å². The number of ketones is 1. The van der Waals surface area contributed by atoms with Crippen LogP contribution in [-0.4, -0.2) is 12.4 Å². The highest BCUT2D eigenvalue weighted by atomic mass is 35.5. The highest BCUT2D eigenvalue weighted by molar-refractivity contribution is 6.32. The number of alkyl halides is 2. The highest BCUT2D eigenvalue weighted by Crippen LogP contribution is 2.28. The fraction of sp³-hybridized carbons (Fsp3) is 0.200. The number of benzene rings is 1. The fourth-order valence-electron chi connectivity index (χ4n) is 1.11. The predicted molar refractivity (Wildman–Crippen MR) is 52.8 cm³/mol. The van der Waals surface area contributed by atoms with Gasteiger partial charge in [-0.25, -0.2) is 0 Å². The molecule has 0 saturated carbocycles. The second kappa shape index (κ2) is 4.90. The number of carbonyl (C=O) groups excluding carboxylic acids is 1. The van der Waals surface area contributed by atoms with Crippen molar-refractivity contribution in [3.8, 4) is 11.8 Å². The van der Waals surface area contributed by atoms with Gasteiger partial charge in [0.25, 0.3) is 0 Å². The van der Waals surface area contributed by atoms with Crippen LogP contribution in [-0.2, 0) is 0 Å². The van der Waals surface area contributed by atoms with Crippen molar-refractivity contribution in [2.75, 3.05) is 0 Å². The first-order valence-electron chi connectivity index (χ1n) is 4.15. The van der Waals surface area contributed by atoms with Gasteiger partial charge in [-0.15, -0.1) is 0 Å². The zero-order chi connectivity index (χ0) is 12.3. The Morgan fingerprint density at radius 3 is 2.62 bits per heavy atom. The third-order valence-corrected chi connectivity index (χ3v) is 2.10. The molecule has 1 rings (SSSR count). The molecule has 0 atom stereocenters. The number of Topliss-reactive ketones (excluding diaryl/α,β-unsaturated/α-hetero) is 1. The summed E-state index contributed by atoms with van der Waals surface area (Å²) in [5, 5.41) is 8.62. The maximum Gasteiger partial charge on any atom is 0.387 e. The van der Waals surface area contributed by atoms with Crippen molar-refractivity contribution < 1.29 is 18.3 Å². The van der Waals surface area contributed by atoms with Gasteiger partial charge >= 0.3 is 6.61 Å². The zero-order valence-electron chi connectivity index (χ0n) is 8.13. The number of ether oxygens (including phenoxy) is 1. The molecule has 0 radical (unpaired) electrons. The molecule has 0 aromatic heterocycles. The molecule has 1 aromatic carbocycles. The molecule has 0 fully saturated rings. The van der Waals surface area contributed by atoms with Gasteiger partial charge < -0.3 is 4.74 Å². The van der Waals surface area contributed by atoms with Crippen LogP contribution in [0.25, 0.3) is 0 Å². The lowest BCUT2D eigenvalue weighted by Crippen LogP contribution is -2.07. The SMILES string of the molecule is CC(=O)c1cc(C#N)c(Cl)cc1OC(F)F. The van der Waals surface area contributed by atoms with Crippen molar-refractivity contribution in [3.05, 3.63) is 28.3 Å². The first-order valence-corrected chi connectivity index (χ1v) is 4.53. The van der Waals surface area contributed by atoms with E-state index in [1.165, 1.54) is 6.92 Å². The summed E-state index contributed by atoms with van der Waals surface area (Å²) < 4.78 is 28.2. The number of nitrogens with zero attached hydrogens (tertiary/aromatic N) is 1. The summed E-state index contributed by atoms with van der Waals surface area (Å²) in [6.07, 6.45) is 0. The maximum atomic E-state index is 12.0. The Kier molecular flexibility index (Phi) is 3.80. The first-order chi connectivity index (χ1) is 7.45. The summed E-state index contributed by atoms with van der Waals surface area (Å²) in [6, 6.07) is 3.90. The zero-order valence-corrected chi connectivity index (χ0v) is 8.89. The lowest BCUT2D eigenvalue weighted by Gasteiger charge is -2.09. The third-order valence-electron chi connectivity index (χ3n) is 1.79. The number of rotatable bonds is 3. The summed E-state index contributed by atoms with van der Waals surface area (Å²) in [5.41, 5.74) is -0.0604. The van der Waals surface area contributed by atoms with Gasteiger partial charge in [0.2, 0.25) is 0 Å². The fourth-order valence-corrected chi connectivity index (χ4v) is 1.31. The number of hydrogen-bond donors (Lipinski definition) is 0. The van der Waals surface area contributed by atoms with E-state index >= 15 is 0 Å². The van der Waals surface area contributed by atoms with Crippen LogP contribution >= 0.6 is 11.6 Å². The Morgan fingerprint density at radius 1 is 1.56 bits per heavy atom. The van der Waals surface area contributed by atoms with Crippen LogP contribution in [0, 0.1) is 11.3 Å². The van der Waals surface area contributed by atoms with Crippen LogP contribution in [0.4, 0.5) is 8.78 Å². The van der Waals surface area contributed by atoms with Crippen molar-refractivity contribution in [2.45, 2.75) is 13.5 Å². The van der Waals surface area contributed by atoms with Crippen molar-refractivity contribution in [2.24, 2.45) is 0 Å². The van der Waals surface area contributed by atoms with E-state index < -0.39 is 12.4 Å². The van der Waals surface area contributed by atoms with Crippen molar-refractivity contribution in [3.63, 3.8) is 0 Å². The average molecular weight is 246 g/mol. The molecule has 0 aliphatic heterocycles. The number of hydrogen-bond acceptors (Lipinski definition) is 3. The average Bonchev–Trinajstić information content (AvgIpc) is 2.16. The van der Waals surface area contributed by atoms with Crippen molar-refractivity contribution >= 4 is 17.4 Å². The van der Waals surface area contributed by atoms with Gasteiger partial charge in [0, 0.05) is 6.07 Å². The largest absolute Gasteiger partial charge is 0.434 e. The molecule has 3 nitrogen and oxygen atoms in total. The van der Waals surface area contributed by atoms with Gasteiger partial charge in [0.05, 0.1) is 16.1 Å². The summed E-state index contributed by atoms with van der Waals surface area (Å²) in [6.45, 7) is -1.87. The van der Waals surface area contributed by atoms with E-state index in [0.29, 0.717) is 0 Å². The Bertz CT molecular complexity index is 469. The lowest BCUT2D eigenvalue weighted by molar-refractivity contribution is -0.0501. The van der Waals surface area contributed by atoms with Crippen LogP contribution < -0.4 is 4.74 Å². The van der Waals surface area contributed by atoms with E-state index in [1.807, 2.05) is 0 Å². The van der Waals surface area contributed by atoms with E-state index in [-0.39, 0.29) is 21.9 Å². The summed E-state index contributed by atoms with van der Waals surface area (Å²) in [7, 11) is 0. The molecule has 16 heavy (non-hydrogen) atoms. The molecule has 0 amide bonds. The standard InChI is InChI=1S/C10H6ClF2NO2/c1-5(15)7-2-6(4-14)8(11)3-9(7)16-10(12)13/h2-3,10H,1H3. The molecule has 0 unspecified atom stereocenters. The van der Waals surface area contributed by atoms with Gasteiger partial charge in [-0.05, 0) is 13.0 Å². The summed E-state index contributed by atoms with van der Waals surface area (Å²) >= 11 is 5.63. The van der Waals surface area contributed by atoms with Crippen LogP contribution in [0.1, 0.15) is 22.8 Å². The lowest BCUT2D eigenvalue weighted by atomic mass is 10.1. The molecule has 0 aliphatic carbocycles. The molecule has 0 aliphatic rings. The monoisotopic (exact) mass is 245 g/mol. The smallest absolute Gasteiger partial charge is 0.387 e. The molecule has 6 heteroatoms. The molecular weight excluding hydrogens is 240 g/mol. The second-order valence-electron chi connectivity index (χ2n) is 2.87. The molecule has 0 N–H and O–H groups in total. The van der Waals surface area contributed by atoms with Gasteiger partial charge in [0.15, 0.2) is 5.78 Å². The molecule has 0 heterocycles. The normalized spacial score (nSPS) is 10.0. The molecule has 84 valence electrons. The quantitative estimate of drug-likeness (QED) is 0.769. The van der Waals surface area contributed by atoms with E-state index in [0.717, 1.165) is 12.1 Å². The maximum absolute atomic E-state index is 12.0. The Hall–Kier alpha value is -1.67. The summed E-state index contributed by atoms with van der Waals surface area (Å²) in [5.74, 6) is -0.810. The minimum Gasteiger partial charge on any atom is -0.434 e. The van der Waals surface area contributed by atoms with Crippen molar-refractivity contribution in [1.82, 2.24) is 0 Å². The Labute approximate surface area is 95.2 Å². The summed E-state index contributed by atoms with van der Waals surface area (Å²) in [4.78, 5) is 11.1. The van der Waals surface area contributed by atoms with E-state index in [4.69, 9.17) is 16.9 Å². The van der Waals surface area contributed by atoms with E-state index in [1.54, 1.807) is 6.07 Å². The number of carbonyl (C=O) groups is 1. The van der Waals surface area contributed by atoms with Crippen LogP contribution in [0.15, 0.2) is 12.1 Å².